The van der Waals surface area contributed by atoms with Gasteiger partial charge in [0.2, 0.25) is 0 Å². The molecule has 2 aromatic rings. The zero-order valence-electron chi connectivity index (χ0n) is 9.70. The number of hydrogen-bond donors (Lipinski definition) is 2. The fourth-order valence-electron chi connectivity index (χ4n) is 1.66. The summed E-state index contributed by atoms with van der Waals surface area (Å²) < 4.78 is 0. The van der Waals surface area contributed by atoms with Crippen LogP contribution in [0.1, 0.15) is 12.5 Å². The van der Waals surface area contributed by atoms with Crippen LogP contribution < -0.4 is 11.1 Å². The first-order valence-corrected chi connectivity index (χ1v) is 5.52. The van der Waals surface area contributed by atoms with E-state index in [0.29, 0.717) is 0 Å². The highest BCUT2D eigenvalue weighted by Gasteiger charge is 2.03. The molecule has 3 heteroatoms. The molecule has 0 spiro atoms. The van der Waals surface area contributed by atoms with E-state index in [1.807, 2.05) is 25.1 Å². The van der Waals surface area contributed by atoms with Crippen LogP contribution in [0.25, 0.3) is 10.9 Å². The topological polar surface area (TPSA) is 50.9 Å². The van der Waals surface area contributed by atoms with Crippen LogP contribution in [0.2, 0.25) is 0 Å². The number of pyridine rings is 1. The number of nitrogens with two attached hydrogens (primary N) is 1. The zero-order chi connectivity index (χ0) is 11.5. The van der Waals surface area contributed by atoms with Gasteiger partial charge in [-0.15, -0.1) is 0 Å². The van der Waals surface area contributed by atoms with E-state index in [2.05, 4.69) is 29.4 Å². The van der Waals surface area contributed by atoms with Crippen molar-refractivity contribution in [2.24, 2.45) is 5.73 Å². The summed E-state index contributed by atoms with van der Waals surface area (Å²) in [5.41, 5.74) is 7.88. The Hall–Kier alpha value is -1.61. The molecule has 0 saturated carbocycles. The second kappa shape index (κ2) is 4.49. The minimum absolute atomic E-state index is 0.132. The highest BCUT2D eigenvalue weighted by molar-refractivity contribution is 5.81. The maximum absolute atomic E-state index is 5.71. The molecule has 16 heavy (non-hydrogen) atoms. The van der Waals surface area contributed by atoms with Crippen molar-refractivity contribution in [1.29, 1.82) is 0 Å². The van der Waals surface area contributed by atoms with Gasteiger partial charge in [-0.2, -0.15) is 0 Å². The van der Waals surface area contributed by atoms with Crippen LogP contribution in [0.5, 0.6) is 0 Å². The molecule has 0 fully saturated rings. The Bertz CT molecular complexity index is 492. The summed E-state index contributed by atoms with van der Waals surface area (Å²) in [5, 5.41) is 4.44. The van der Waals surface area contributed by atoms with E-state index >= 15 is 0 Å². The quantitative estimate of drug-likeness (QED) is 0.826. The van der Waals surface area contributed by atoms with Crippen LogP contribution >= 0.6 is 0 Å². The number of nitrogens with one attached hydrogen (secondary N) is 1. The maximum Gasteiger partial charge on any atom is 0.129 e. The van der Waals surface area contributed by atoms with Crippen molar-refractivity contribution < 1.29 is 0 Å². The van der Waals surface area contributed by atoms with Crippen LogP contribution in [0.15, 0.2) is 30.3 Å². The smallest absolute Gasteiger partial charge is 0.129 e. The van der Waals surface area contributed by atoms with Gasteiger partial charge in [-0.3, -0.25) is 0 Å². The number of rotatable bonds is 3. The van der Waals surface area contributed by atoms with E-state index in [9.17, 15) is 0 Å². The minimum Gasteiger partial charge on any atom is -0.368 e. The normalized spacial score (nSPS) is 12.7. The lowest BCUT2D eigenvalue weighted by molar-refractivity contribution is 0.777. The van der Waals surface area contributed by atoms with Crippen LogP contribution in [0.4, 0.5) is 5.82 Å². The molecule has 0 amide bonds. The SMILES string of the molecule is Cc1cc2ccccc2nc1NCC(C)N. The molecule has 0 aliphatic heterocycles. The summed E-state index contributed by atoms with van der Waals surface area (Å²) in [4.78, 5) is 4.58. The van der Waals surface area contributed by atoms with Crippen molar-refractivity contribution >= 4 is 16.7 Å². The molecule has 1 atom stereocenters. The van der Waals surface area contributed by atoms with Crippen molar-refractivity contribution in [2.75, 3.05) is 11.9 Å². The molecule has 1 heterocycles. The predicted octanol–water partition coefficient (Wildman–Crippen LogP) is 2.30. The Morgan fingerprint density at radius 1 is 1.38 bits per heavy atom. The van der Waals surface area contributed by atoms with Crippen molar-refractivity contribution in [1.82, 2.24) is 4.98 Å². The van der Waals surface area contributed by atoms with Gasteiger partial charge in [-0.25, -0.2) is 4.98 Å². The van der Waals surface area contributed by atoms with Crippen LogP contribution in [0.3, 0.4) is 0 Å². The Kier molecular flexibility index (Phi) is 3.06. The van der Waals surface area contributed by atoms with Gasteiger partial charge in [0.25, 0.3) is 0 Å². The average molecular weight is 215 g/mol. The molecule has 1 aromatic heterocycles. The monoisotopic (exact) mass is 215 g/mol. The van der Waals surface area contributed by atoms with Crippen molar-refractivity contribution in [3.05, 3.63) is 35.9 Å². The Labute approximate surface area is 95.7 Å². The van der Waals surface area contributed by atoms with Gasteiger partial charge in [0.15, 0.2) is 0 Å². The summed E-state index contributed by atoms with van der Waals surface area (Å²) in [5.74, 6) is 0.927. The number of aromatic nitrogens is 1. The minimum atomic E-state index is 0.132. The number of anilines is 1. The van der Waals surface area contributed by atoms with E-state index < -0.39 is 0 Å². The molecule has 1 aromatic carbocycles. The number of benzene rings is 1. The van der Waals surface area contributed by atoms with Crippen LogP contribution in [0, 0.1) is 6.92 Å². The molecular formula is C13H17N3. The first-order chi connectivity index (χ1) is 7.66. The summed E-state index contributed by atoms with van der Waals surface area (Å²) in [6.07, 6.45) is 0. The third kappa shape index (κ3) is 2.31. The third-order valence-electron chi connectivity index (χ3n) is 2.51. The highest BCUT2D eigenvalue weighted by Crippen LogP contribution is 2.19. The van der Waals surface area contributed by atoms with Gasteiger partial charge in [0.1, 0.15) is 5.82 Å². The standard InChI is InChI=1S/C13H17N3/c1-9-7-11-5-3-4-6-12(11)16-13(9)15-8-10(2)14/h3-7,10H,8,14H2,1-2H3,(H,15,16). The molecule has 0 aliphatic rings. The largest absolute Gasteiger partial charge is 0.368 e. The lowest BCUT2D eigenvalue weighted by Gasteiger charge is -2.11. The Morgan fingerprint density at radius 2 is 2.12 bits per heavy atom. The maximum atomic E-state index is 5.71. The van der Waals surface area contributed by atoms with Gasteiger partial charge in [0, 0.05) is 18.0 Å². The molecule has 3 N–H and O–H groups in total. The first-order valence-electron chi connectivity index (χ1n) is 5.52. The van der Waals surface area contributed by atoms with Crippen molar-refractivity contribution in [2.45, 2.75) is 19.9 Å². The van der Waals surface area contributed by atoms with Gasteiger partial charge in [-0.1, -0.05) is 18.2 Å². The summed E-state index contributed by atoms with van der Waals surface area (Å²) in [7, 11) is 0. The third-order valence-corrected chi connectivity index (χ3v) is 2.51. The Morgan fingerprint density at radius 3 is 2.88 bits per heavy atom. The Balaban J connectivity index is 2.34. The van der Waals surface area contributed by atoms with Gasteiger partial charge in [0.05, 0.1) is 5.52 Å². The van der Waals surface area contributed by atoms with Gasteiger partial charge < -0.3 is 11.1 Å². The van der Waals surface area contributed by atoms with Crippen molar-refractivity contribution in [3.8, 4) is 0 Å². The van der Waals surface area contributed by atoms with Gasteiger partial charge in [-0.05, 0) is 31.5 Å². The summed E-state index contributed by atoms with van der Waals surface area (Å²) >= 11 is 0. The van der Waals surface area contributed by atoms with E-state index in [0.717, 1.165) is 23.4 Å². The van der Waals surface area contributed by atoms with E-state index in [-0.39, 0.29) is 6.04 Å². The second-order valence-corrected chi connectivity index (χ2v) is 4.20. The summed E-state index contributed by atoms with van der Waals surface area (Å²) in [6, 6.07) is 10.4. The van der Waals surface area contributed by atoms with E-state index in [1.165, 1.54) is 5.39 Å². The fourth-order valence-corrected chi connectivity index (χ4v) is 1.66. The zero-order valence-corrected chi connectivity index (χ0v) is 9.70. The van der Waals surface area contributed by atoms with Crippen LogP contribution in [-0.2, 0) is 0 Å². The molecule has 0 aliphatic carbocycles. The number of para-hydroxylation sites is 1. The lowest BCUT2D eigenvalue weighted by Crippen LogP contribution is -2.25. The van der Waals surface area contributed by atoms with Crippen LogP contribution in [-0.4, -0.2) is 17.6 Å². The van der Waals surface area contributed by atoms with Gasteiger partial charge >= 0.3 is 0 Å². The second-order valence-electron chi connectivity index (χ2n) is 4.20. The molecule has 0 saturated heterocycles. The molecular weight excluding hydrogens is 198 g/mol. The average Bonchev–Trinajstić information content (AvgIpc) is 2.26. The van der Waals surface area contributed by atoms with E-state index in [1.54, 1.807) is 0 Å². The molecule has 1 unspecified atom stereocenters. The molecule has 84 valence electrons. The predicted molar refractivity (Wildman–Crippen MR) is 68.6 cm³/mol. The molecule has 3 nitrogen and oxygen atoms in total. The molecule has 0 bridgehead atoms. The first kappa shape index (κ1) is 10.9. The number of fused-ring (bicyclic) bond motifs is 1. The molecule has 2 rings (SSSR count). The van der Waals surface area contributed by atoms with Crippen molar-refractivity contribution in [3.63, 3.8) is 0 Å². The molecule has 0 radical (unpaired) electrons. The number of hydrogen-bond acceptors (Lipinski definition) is 3. The summed E-state index contributed by atoms with van der Waals surface area (Å²) in [6.45, 7) is 4.78. The fraction of sp³-hybridized carbons (Fsp3) is 0.308. The number of nitrogens with zero attached hydrogens (tertiary/aromatic N) is 1. The number of aryl methyl sites for hydroxylation is 1. The lowest BCUT2D eigenvalue weighted by atomic mass is 10.1. The highest BCUT2D eigenvalue weighted by atomic mass is 15.0. The van der Waals surface area contributed by atoms with E-state index in [4.69, 9.17) is 5.73 Å².